The Kier molecular flexibility index (Phi) is 5.31. The molecule has 1 amide bonds. The fraction of sp³-hybridized carbons (Fsp3) is 0.136. The summed E-state index contributed by atoms with van der Waals surface area (Å²) in [5.41, 5.74) is 5.08. The van der Waals surface area contributed by atoms with Crippen molar-refractivity contribution in [2.75, 3.05) is 10.6 Å². The molecule has 5 heteroatoms. The van der Waals surface area contributed by atoms with Gasteiger partial charge < -0.3 is 10.6 Å². The van der Waals surface area contributed by atoms with Crippen LogP contribution in [0.3, 0.4) is 0 Å². The van der Waals surface area contributed by atoms with E-state index in [1.807, 2.05) is 6.07 Å². The molecule has 2 N–H and O–H groups in total. The molecule has 3 rings (SSSR count). The molecule has 0 unspecified atom stereocenters. The summed E-state index contributed by atoms with van der Waals surface area (Å²) in [6.07, 6.45) is 1.53. The van der Waals surface area contributed by atoms with Crippen molar-refractivity contribution in [3.05, 3.63) is 83.0 Å². The van der Waals surface area contributed by atoms with Crippen molar-refractivity contribution in [2.24, 2.45) is 0 Å². The fourth-order valence-corrected chi connectivity index (χ4v) is 2.56. The molecule has 2 aromatic carbocycles. The van der Waals surface area contributed by atoms with Crippen LogP contribution in [0.15, 0.2) is 60.8 Å². The number of anilines is 3. The van der Waals surface area contributed by atoms with Crippen LogP contribution in [0.5, 0.6) is 0 Å². The monoisotopic (exact) mass is 359 g/mol. The molecular weight excluding hydrogens is 338 g/mol. The standard InChI is InChI=1S/C22H21N3O2/c1-14-4-8-20(12-15(14)2)24-21-11-7-18(13-23-21)22(27)25-19-9-5-17(6-10-19)16(3)26/h4-13H,1-3H3,(H,23,24)(H,25,27). The lowest BCUT2D eigenvalue weighted by Gasteiger charge is -2.09. The van der Waals surface area contributed by atoms with Crippen molar-refractivity contribution in [3.63, 3.8) is 0 Å². The number of pyridine rings is 1. The van der Waals surface area contributed by atoms with E-state index in [1.54, 1.807) is 36.4 Å². The highest BCUT2D eigenvalue weighted by Crippen LogP contribution is 2.19. The molecule has 0 fully saturated rings. The molecule has 0 spiro atoms. The van der Waals surface area contributed by atoms with E-state index in [0.717, 1.165) is 5.69 Å². The third-order valence-corrected chi connectivity index (χ3v) is 4.35. The van der Waals surface area contributed by atoms with Gasteiger partial charge in [0.25, 0.3) is 5.91 Å². The predicted octanol–water partition coefficient (Wildman–Crippen LogP) is 4.90. The van der Waals surface area contributed by atoms with E-state index < -0.39 is 0 Å². The molecule has 1 heterocycles. The molecule has 0 atom stereocenters. The molecular formula is C22H21N3O2. The molecule has 0 aliphatic heterocycles. The van der Waals surface area contributed by atoms with Gasteiger partial charge in [0.15, 0.2) is 5.78 Å². The second-order valence-electron chi connectivity index (χ2n) is 6.44. The van der Waals surface area contributed by atoms with Crippen LogP contribution in [-0.4, -0.2) is 16.7 Å². The molecule has 5 nitrogen and oxygen atoms in total. The number of aromatic nitrogens is 1. The van der Waals surface area contributed by atoms with Gasteiger partial charge in [-0.2, -0.15) is 0 Å². The number of amides is 1. The minimum absolute atomic E-state index is 0.0102. The minimum Gasteiger partial charge on any atom is -0.340 e. The molecule has 3 aromatic rings. The Morgan fingerprint density at radius 3 is 2.07 bits per heavy atom. The van der Waals surface area contributed by atoms with E-state index in [0.29, 0.717) is 22.6 Å². The molecule has 0 bridgehead atoms. The maximum absolute atomic E-state index is 12.3. The normalized spacial score (nSPS) is 10.3. The Morgan fingerprint density at radius 1 is 0.815 bits per heavy atom. The van der Waals surface area contributed by atoms with Crippen molar-refractivity contribution in [1.82, 2.24) is 4.98 Å². The number of aryl methyl sites for hydroxylation is 2. The number of ketones is 1. The topological polar surface area (TPSA) is 71.1 Å². The highest BCUT2D eigenvalue weighted by atomic mass is 16.1. The van der Waals surface area contributed by atoms with Crippen LogP contribution < -0.4 is 10.6 Å². The molecule has 0 aliphatic carbocycles. The summed E-state index contributed by atoms with van der Waals surface area (Å²) in [6.45, 7) is 5.63. The number of benzene rings is 2. The van der Waals surface area contributed by atoms with Gasteiger partial charge >= 0.3 is 0 Å². The second kappa shape index (κ2) is 7.83. The van der Waals surface area contributed by atoms with Gasteiger partial charge in [0.05, 0.1) is 5.56 Å². The largest absolute Gasteiger partial charge is 0.340 e. The zero-order valence-electron chi connectivity index (χ0n) is 15.5. The van der Waals surface area contributed by atoms with Gasteiger partial charge in [0, 0.05) is 23.1 Å². The Bertz CT molecular complexity index is 977. The molecule has 27 heavy (non-hydrogen) atoms. The number of carbonyl (C=O) groups excluding carboxylic acids is 2. The Hall–Kier alpha value is -3.47. The van der Waals surface area contributed by atoms with Crippen molar-refractivity contribution >= 4 is 28.9 Å². The fourth-order valence-electron chi connectivity index (χ4n) is 2.56. The van der Waals surface area contributed by atoms with Crippen LogP contribution in [0, 0.1) is 13.8 Å². The van der Waals surface area contributed by atoms with Crippen molar-refractivity contribution in [2.45, 2.75) is 20.8 Å². The third kappa shape index (κ3) is 4.58. The first kappa shape index (κ1) is 18.3. The Morgan fingerprint density at radius 2 is 1.48 bits per heavy atom. The zero-order chi connectivity index (χ0) is 19.4. The Labute approximate surface area is 158 Å². The van der Waals surface area contributed by atoms with E-state index >= 15 is 0 Å². The van der Waals surface area contributed by atoms with Gasteiger partial charge in [-0.25, -0.2) is 4.98 Å². The summed E-state index contributed by atoms with van der Waals surface area (Å²) >= 11 is 0. The summed E-state index contributed by atoms with van der Waals surface area (Å²) < 4.78 is 0. The van der Waals surface area contributed by atoms with Crippen LogP contribution in [-0.2, 0) is 0 Å². The molecule has 136 valence electrons. The van der Waals surface area contributed by atoms with Crippen LogP contribution >= 0.6 is 0 Å². The minimum atomic E-state index is -0.254. The van der Waals surface area contributed by atoms with Gasteiger partial charge in [-0.1, -0.05) is 6.07 Å². The first-order chi connectivity index (χ1) is 12.9. The smallest absolute Gasteiger partial charge is 0.257 e. The first-order valence-corrected chi connectivity index (χ1v) is 8.65. The van der Waals surface area contributed by atoms with E-state index in [9.17, 15) is 9.59 Å². The van der Waals surface area contributed by atoms with Crippen molar-refractivity contribution in [1.29, 1.82) is 0 Å². The number of rotatable bonds is 5. The van der Waals surface area contributed by atoms with Gasteiger partial charge in [-0.15, -0.1) is 0 Å². The average molecular weight is 359 g/mol. The number of Topliss-reactive ketones (excluding diaryl/α,β-unsaturated/α-hetero) is 1. The Balaban J connectivity index is 1.66. The molecule has 0 saturated heterocycles. The van der Waals surface area contributed by atoms with E-state index in [2.05, 4.69) is 41.6 Å². The maximum atomic E-state index is 12.3. The summed E-state index contributed by atoms with van der Waals surface area (Å²) in [7, 11) is 0. The summed E-state index contributed by atoms with van der Waals surface area (Å²) in [5.74, 6) is 0.403. The second-order valence-corrected chi connectivity index (χ2v) is 6.44. The van der Waals surface area contributed by atoms with Crippen molar-refractivity contribution in [3.8, 4) is 0 Å². The molecule has 0 radical (unpaired) electrons. The lowest BCUT2D eigenvalue weighted by atomic mass is 10.1. The zero-order valence-corrected chi connectivity index (χ0v) is 15.5. The van der Waals surface area contributed by atoms with Crippen molar-refractivity contribution < 1.29 is 9.59 Å². The van der Waals surface area contributed by atoms with E-state index in [-0.39, 0.29) is 11.7 Å². The number of hydrogen-bond acceptors (Lipinski definition) is 4. The number of hydrogen-bond donors (Lipinski definition) is 2. The average Bonchev–Trinajstić information content (AvgIpc) is 2.66. The van der Waals surface area contributed by atoms with Gasteiger partial charge in [0.1, 0.15) is 5.82 Å². The number of nitrogens with zero attached hydrogens (tertiary/aromatic N) is 1. The summed E-state index contributed by atoms with van der Waals surface area (Å²) in [4.78, 5) is 28.0. The van der Waals surface area contributed by atoms with Gasteiger partial charge in [0.2, 0.25) is 0 Å². The lowest BCUT2D eigenvalue weighted by Crippen LogP contribution is -2.12. The SMILES string of the molecule is CC(=O)c1ccc(NC(=O)c2ccc(Nc3ccc(C)c(C)c3)nc2)cc1. The molecule has 0 saturated carbocycles. The highest BCUT2D eigenvalue weighted by molar-refractivity contribution is 6.04. The third-order valence-electron chi connectivity index (χ3n) is 4.35. The first-order valence-electron chi connectivity index (χ1n) is 8.65. The number of nitrogens with one attached hydrogen (secondary N) is 2. The van der Waals surface area contributed by atoms with Crippen LogP contribution in [0.2, 0.25) is 0 Å². The quantitative estimate of drug-likeness (QED) is 0.636. The molecule has 0 aliphatic rings. The highest BCUT2D eigenvalue weighted by Gasteiger charge is 2.08. The van der Waals surface area contributed by atoms with E-state index in [1.165, 1.54) is 24.2 Å². The van der Waals surface area contributed by atoms with Gasteiger partial charge in [-0.3, -0.25) is 9.59 Å². The maximum Gasteiger partial charge on any atom is 0.257 e. The van der Waals surface area contributed by atoms with E-state index in [4.69, 9.17) is 0 Å². The molecule has 1 aromatic heterocycles. The van der Waals surface area contributed by atoms with Crippen LogP contribution in [0.1, 0.15) is 38.8 Å². The van der Waals surface area contributed by atoms with Crippen LogP contribution in [0.25, 0.3) is 0 Å². The summed E-state index contributed by atoms with van der Waals surface area (Å²) in [5, 5.41) is 6.03. The predicted molar refractivity (Wildman–Crippen MR) is 108 cm³/mol. The van der Waals surface area contributed by atoms with Gasteiger partial charge in [-0.05, 0) is 80.4 Å². The summed E-state index contributed by atoms with van der Waals surface area (Å²) in [6, 6.07) is 16.4. The number of carbonyl (C=O) groups is 2. The van der Waals surface area contributed by atoms with Crippen LogP contribution in [0.4, 0.5) is 17.2 Å². The lowest BCUT2D eigenvalue weighted by molar-refractivity contribution is 0.101.